The highest BCUT2D eigenvalue weighted by atomic mass is 32.2. The van der Waals surface area contributed by atoms with Crippen LogP contribution in [0.5, 0.6) is 0 Å². The summed E-state index contributed by atoms with van der Waals surface area (Å²) in [5.41, 5.74) is 1.49. The van der Waals surface area contributed by atoms with Crippen molar-refractivity contribution in [3.8, 4) is 0 Å². The van der Waals surface area contributed by atoms with Crippen molar-refractivity contribution in [1.82, 2.24) is 5.32 Å². The standard InChI is InChI=1S/C15H18N2O4S/c1-11(18)16-13-5-2-12(3-6-13)4-7-15(19)17-14-8-9-22(20,21)10-14/h2-7,14H,8-10H2,1H3,(H,16,18)(H,17,19)/b7-4+. The molecule has 0 spiro atoms. The molecule has 1 aromatic carbocycles. The van der Waals surface area contributed by atoms with Crippen molar-refractivity contribution in [2.75, 3.05) is 16.8 Å². The first-order chi connectivity index (χ1) is 10.3. The van der Waals surface area contributed by atoms with Crippen LogP contribution in [0.2, 0.25) is 0 Å². The van der Waals surface area contributed by atoms with Gasteiger partial charge in [0.05, 0.1) is 11.5 Å². The molecule has 6 nitrogen and oxygen atoms in total. The van der Waals surface area contributed by atoms with E-state index < -0.39 is 9.84 Å². The Kier molecular flexibility index (Phi) is 4.97. The Morgan fingerprint density at radius 3 is 2.45 bits per heavy atom. The fourth-order valence-electron chi connectivity index (χ4n) is 2.21. The zero-order valence-electron chi connectivity index (χ0n) is 12.2. The molecule has 1 saturated heterocycles. The van der Waals surface area contributed by atoms with E-state index in [1.807, 2.05) is 0 Å². The van der Waals surface area contributed by atoms with E-state index in [9.17, 15) is 18.0 Å². The number of anilines is 1. The van der Waals surface area contributed by atoms with Crippen molar-refractivity contribution in [1.29, 1.82) is 0 Å². The fraction of sp³-hybridized carbons (Fsp3) is 0.333. The molecule has 2 N–H and O–H groups in total. The first-order valence-corrected chi connectivity index (χ1v) is 8.73. The second-order valence-corrected chi connectivity index (χ2v) is 7.47. The zero-order chi connectivity index (χ0) is 16.2. The molecule has 0 saturated carbocycles. The highest BCUT2D eigenvalue weighted by Crippen LogP contribution is 2.12. The third-order valence-electron chi connectivity index (χ3n) is 3.24. The molecule has 1 aliphatic rings. The molecule has 22 heavy (non-hydrogen) atoms. The van der Waals surface area contributed by atoms with Gasteiger partial charge in [-0.15, -0.1) is 0 Å². The summed E-state index contributed by atoms with van der Waals surface area (Å²) < 4.78 is 22.6. The number of amides is 2. The molecule has 1 fully saturated rings. The molecule has 2 rings (SSSR count). The van der Waals surface area contributed by atoms with Gasteiger partial charge >= 0.3 is 0 Å². The van der Waals surface area contributed by atoms with Crippen LogP contribution in [-0.4, -0.2) is 37.8 Å². The highest BCUT2D eigenvalue weighted by Gasteiger charge is 2.28. The van der Waals surface area contributed by atoms with Gasteiger partial charge in [-0.05, 0) is 30.2 Å². The lowest BCUT2D eigenvalue weighted by Crippen LogP contribution is -2.34. The zero-order valence-corrected chi connectivity index (χ0v) is 13.0. The van der Waals surface area contributed by atoms with Crippen LogP contribution in [0.25, 0.3) is 6.08 Å². The van der Waals surface area contributed by atoms with Gasteiger partial charge < -0.3 is 10.6 Å². The van der Waals surface area contributed by atoms with Crippen molar-refractivity contribution >= 4 is 33.4 Å². The second kappa shape index (κ2) is 6.74. The van der Waals surface area contributed by atoms with Crippen LogP contribution >= 0.6 is 0 Å². The lowest BCUT2D eigenvalue weighted by molar-refractivity contribution is -0.117. The highest BCUT2D eigenvalue weighted by molar-refractivity contribution is 7.91. The fourth-order valence-corrected chi connectivity index (χ4v) is 3.88. The Labute approximate surface area is 129 Å². The van der Waals surface area contributed by atoms with Crippen LogP contribution in [0.15, 0.2) is 30.3 Å². The predicted octanol–water partition coefficient (Wildman–Crippen LogP) is 0.961. The van der Waals surface area contributed by atoms with E-state index in [4.69, 9.17) is 0 Å². The SMILES string of the molecule is CC(=O)Nc1ccc(/C=C/C(=O)NC2CCS(=O)(=O)C2)cc1. The minimum atomic E-state index is -3.00. The molecule has 0 aromatic heterocycles. The number of rotatable bonds is 4. The summed E-state index contributed by atoms with van der Waals surface area (Å²) >= 11 is 0. The van der Waals surface area contributed by atoms with Crippen LogP contribution in [0.1, 0.15) is 18.9 Å². The van der Waals surface area contributed by atoms with Crippen molar-refractivity contribution in [2.45, 2.75) is 19.4 Å². The smallest absolute Gasteiger partial charge is 0.244 e. The summed E-state index contributed by atoms with van der Waals surface area (Å²) in [6, 6.07) is 6.72. The third kappa shape index (κ3) is 5.00. The molecule has 0 aliphatic carbocycles. The molecule has 0 bridgehead atoms. The van der Waals surface area contributed by atoms with Gasteiger partial charge in [-0.2, -0.15) is 0 Å². The van der Waals surface area contributed by atoms with E-state index in [-0.39, 0.29) is 29.4 Å². The quantitative estimate of drug-likeness (QED) is 0.808. The van der Waals surface area contributed by atoms with Crippen molar-refractivity contribution < 1.29 is 18.0 Å². The largest absolute Gasteiger partial charge is 0.349 e. The minimum absolute atomic E-state index is 0.0119. The van der Waals surface area contributed by atoms with Gasteiger partial charge in [0.2, 0.25) is 11.8 Å². The van der Waals surface area contributed by atoms with Gasteiger partial charge in [-0.1, -0.05) is 12.1 Å². The minimum Gasteiger partial charge on any atom is -0.349 e. The van der Waals surface area contributed by atoms with Crippen molar-refractivity contribution in [3.05, 3.63) is 35.9 Å². The van der Waals surface area contributed by atoms with Gasteiger partial charge in [-0.3, -0.25) is 9.59 Å². The molecule has 118 valence electrons. The number of hydrogen-bond donors (Lipinski definition) is 2. The average molecular weight is 322 g/mol. The van der Waals surface area contributed by atoms with Crippen molar-refractivity contribution in [3.63, 3.8) is 0 Å². The first-order valence-electron chi connectivity index (χ1n) is 6.91. The normalized spacial score (nSPS) is 20.0. The third-order valence-corrected chi connectivity index (χ3v) is 5.00. The predicted molar refractivity (Wildman–Crippen MR) is 85.0 cm³/mol. The molecule has 1 aromatic rings. The molecule has 1 heterocycles. The van der Waals surface area contributed by atoms with E-state index in [1.165, 1.54) is 13.0 Å². The summed E-state index contributed by atoms with van der Waals surface area (Å²) in [5.74, 6) is -0.313. The topological polar surface area (TPSA) is 92.3 Å². The Hall–Kier alpha value is -2.15. The number of carbonyl (C=O) groups excluding carboxylic acids is 2. The Morgan fingerprint density at radius 2 is 1.91 bits per heavy atom. The molecule has 1 unspecified atom stereocenters. The summed E-state index contributed by atoms with van der Waals surface area (Å²) in [6.45, 7) is 1.43. The van der Waals surface area contributed by atoms with Gasteiger partial charge in [0.1, 0.15) is 0 Å². The number of hydrogen-bond acceptors (Lipinski definition) is 4. The summed E-state index contributed by atoms with van der Waals surface area (Å²) in [7, 11) is -3.00. The maximum Gasteiger partial charge on any atom is 0.244 e. The van der Waals surface area contributed by atoms with Crippen molar-refractivity contribution in [2.24, 2.45) is 0 Å². The maximum absolute atomic E-state index is 11.7. The van der Waals surface area contributed by atoms with E-state index in [0.717, 1.165) is 5.56 Å². The number of sulfone groups is 1. The van der Waals surface area contributed by atoms with E-state index >= 15 is 0 Å². The Morgan fingerprint density at radius 1 is 1.23 bits per heavy atom. The molecule has 7 heteroatoms. The Bertz CT molecular complexity index is 693. The molecular formula is C15H18N2O4S. The first kappa shape index (κ1) is 16.2. The summed E-state index contributed by atoms with van der Waals surface area (Å²) in [5, 5.41) is 5.33. The molecule has 1 aliphatic heterocycles. The Balaban J connectivity index is 1.88. The average Bonchev–Trinajstić information content (AvgIpc) is 2.76. The number of carbonyl (C=O) groups is 2. The maximum atomic E-state index is 11.7. The monoisotopic (exact) mass is 322 g/mol. The second-order valence-electron chi connectivity index (χ2n) is 5.25. The van der Waals surface area contributed by atoms with Gasteiger partial charge in [0.25, 0.3) is 0 Å². The molecule has 2 amide bonds. The van der Waals surface area contributed by atoms with Gasteiger partial charge in [-0.25, -0.2) is 8.42 Å². The van der Waals surface area contributed by atoms with Gasteiger partial charge in [0.15, 0.2) is 9.84 Å². The summed E-state index contributed by atoms with van der Waals surface area (Å²) in [4.78, 5) is 22.6. The van der Waals surface area contributed by atoms with Gasteiger partial charge in [0, 0.05) is 24.7 Å². The van der Waals surface area contributed by atoms with E-state index in [2.05, 4.69) is 10.6 Å². The van der Waals surface area contributed by atoms with E-state index in [1.54, 1.807) is 30.3 Å². The molecular weight excluding hydrogens is 304 g/mol. The number of nitrogens with one attached hydrogen (secondary N) is 2. The molecule has 1 atom stereocenters. The van der Waals surface area contributed by atoms with Crippen LogP contribution < -0.4 is 10.6 Å². The number of benzene rings is 1. The van der Waals surface area contributed by atoms with Crippen LogP contribution in [0.4, 0.5) is 5.69 Å². The van der Waals surface area contributed by atoms with Crippen LogP contribution in [-0.2, 0) is 19.4 Å². The summed E-state index contributed by atoms with van der Waals surface area (Å²) in [6.07, 6.45) is 3.47. The van der Waals surface area contributed by atoms with Crippen LogP contribution in [0, 0.1) is 0 Å². The molecule has 0 radical (unpaired) electrons. The van der Waals surface area contributed by atoms with Crippen LogP contribution in [0.3, 0.4) is 0 Å². The lowest BCUT2D eigenvalue weighted by atomic mass is 10.2. The lowest BCUT2D eigenvalue weighted by Gasteiger charge is -2.07. The van der Waals surface area contributed by atoms with E-state index in [0.29, 0.717) is 12.1 Å².